The number of pyridine rings is 1. The number of likely N-dealkylation sites (tertiary alicyclic amines) is 1. The molecular formula is C28H25ClN2O6. The van der Waals surface area contributed by atoms with Gasteiger partial charge in [0.15, 0.2) is 0 Å². The number of amides is 1. The Hall–Kier alpha value is -4.17. The van der Waals surface area contributed by atoms with Crippen LogP contribution in [0.3, 0.4) is 0 Å². The summed E-state index contributed by atoms with van der Waals surface area (Å²) in [6.45, 7) is 2.29. The van der Waals surface area contributed by atoms with E-state index >= 15 is 0 Å². The first kappa shape index (κ1) is 25.9. The highest BCUT2D eigenvalue weighted by atomic mass is 35.5. The molecule has 0 saturated carbocycles. The zero-order valence-electron chi connectivity index (χ0n) is 20.3. The van der Waals surface area contributed by atoms with Crippen LogP contribution in [0, 0.1) is 0 Å². The van der Waals surface area contributed by atoms with Gasteiger partial charge in [-0.3, -0.25) is 14.6 Å². The SMILES string of the molecule is CCCOC(=O)c1ccc(CN2C(=O)C(=O)/C(=C(/O)c3cc(OC)ccc3Cl)C2c2cccnc2)cc1. The first-order valence-electron chi connectivity index (χ1n) is 11.6. The van der Waals surface area contributed by atoms with Gasteiger partial charge in [0, 0.05) is 24.5 Å². The van der Waals surface area contributed by atoms with Gasteiger partial charge in [-0.1, -0.05) is 36.7 Å². The summed E-state index contributed by atoms with van der Waals surface area (Å²) in [5, 5.41) is 11.5. The third-order valence-electron chi connectivity index (χ3n) is 5.95. The summed E-state index contributed by atoms with van der Waals surface area (Å²) >= 11 is 6.33. The van der Waals surface area contributed by atoms with E-state index in [0.29, 0.717) is 35.5 Å². The van der Waals surface area contributed by atoms with E-state index in [4.69, 9.17) is 21.1 Å². The molecule has 37 heavy (non-hydrogen) atoms. The summed E-state index contributed by atoms with van der Waals surface area (Å²) in [6.07, 6.45) is 3.83. The molecule has 1 aromatic heterocycles. The van der Waals surface area contributed by atoms with E-state index in [2.05, 4.69) is 4.98 Å². The Balaban J connectivity index is 1.74. The van der Waals surface area contributed by atoms with Crippen molar-refractivity contribution in [3.05, 3.63) is 99.8 Å². The molecule has 9 heteroatoms. The Morgan fingerprint density at radius 3 is 2.54 bits per heavy atom. The first-order chi connectivity index (χ1) is 17.8. The van der Waals surface area contributed by atoms with Crippen LogP contribution in [0.1, 0.15) is 46.4 Å². The minimum Gasteiger partial charge on any atom is -0.507 e. The number of Topliss-reactive ketones (excluding diaryl/α,β-unsaturated/α-hetero) is 1. The second kappa shape index (κ2) is 11.3. The zero-order valence-corrected chi connectivity index (χ0v) is 21.1. The molecule has 4 rings (SSSR count). The molecule has 1 atom stereocenters. The lowest BCUT2D eigenvalue weighted by Gasteiger charge is -2.25. The Morgan fingerprint density at radius 2 is 1.89 bits per heavy atom. The van der Waals surface area contributed by atoms with Crippen LogP contribution in [-0.2, 0) is 20.9 Å². The van der Waals surface area contributed by atoms with Gasteiger partial charge in [0.2, 0.25) is 0 Å². The molecule has 3 aromatic rings. The predicted octanol–water partition coefficient (Wildman–Crippen LogP) is 4.93. The van der Waals surface area contributed by atoms with E-state index in [9.17, 15) is 19.5 Å². The predicted molar refractivity (Wildman–Crippen MR) is 137 cm³/mol. The topological polar surface area (TPSA) is 106 Å². The highest BCUT2D eigenvalue weighted by molar-refractivity contribution is 6.47. The number of carbonyl (C=O) groups excluding carboxylic acids is 3. The van der Waals surface area contributed by atoms with Crippen LogP contribution in [0.4, 0.5) is 0 Å². The number of rotatable bonds is 8. The molecule has 0 bridgehead atoms. The smallest absolute Gasteiger partial charge is 0.338 e. The van der Waals surface area contributed by atoms with Crippen LogP contribution in [0.25, 0.3) is 5.76 Å². The number of methoxy groups -OCH3 is 1. The van der Waals surface area contributed by atoms with Crippen LogP contribution in [0.15, 0.2) is 72.6 Å². The molecule has 1 aliphatic heterocycles. The van der Waals surface area contributed by atoms with Crippen molar-refractivity contribution >= 4 is 35.0 Å². The fourth-order valence-corrected chi connectivity index (χ4v) is 4.31. The molecule has 0 radical (unpaired) electrons. The standard InChI is InChI=1S/C28H25ClN2O6/c1-3-13-37-28(35)18-8-6-17(7-9-18)16-31-24(19-5-4-12-30-15-19)23(26(33)27(31)34)25(32)21-14-20(36-2)10-11-22(21)29/h4-12,14-15,24,32H,3,13,16H2,1-2H3/b25-23+. The average molecular weight is 521 g/mol. The summed E-state index contributed by atoms with van der Waals surface area (Å²) in [5.74, 6) is -2.03. The molecule has 190 valence electrons. The zero-order chi connectivity index (χ0) is 26.5. The molecule has 2 aromatic carbocycles. The molecule has 1 fully saturated rings. The Kier molecular flexibility index (Phi) is 7.89. The number of hydrogen-bond acceptors (Lipinski definition) is 7. The van der Waals surface area contributed by atoms with Gasteiger partial charge < -0.3 is 19.5 Å². The highest BCUT2D eigenvalue weighted by Crippen LogP contribution is 2.41. The van der Waals surface area contributed by atoms with Gasteiger partial charge in [-0.25, -0.2) is 4.79 Å². The van der Waals surface area contributed by atoms with Crippen molar-refractivity contribution in [1.29, 1.82) is 0 Å². The summed E-state index contributed by atoms with van der Waals surface area (Å²) in [4.78, 5) is 44.1. The number of nitrogens with zero attached hydrogens (tertiary/aromatic N) is 2. The number of aromatic nitrogens is 1. The van der Waals surface area contributed by atoms with Crippen LogP contribution < -0.4 is 4.74 Å². The van der Waals surface area contributed by atoms with Crippen molar-refractivity contribution in [2.75, 3.05) is 13.7 Å². The van der Waals surface area contributed by atoms with Gasteiger partial charge in [0.25, 0.3) is 11.7 Å². The second-order valence-corrected chi connectivity index (χ2v) is 8.80. The summed E-state index contributed by atoms with van der Waals surface area (Å²) in [5.41, 5.74) is 1.68. The van der Waals surface area contributed by atoms with Crippen molar-refractivity contribution in [2.45, 2.75) is 25.9 Å². The molecule has 1 aliphatic rings. The normalized spacial score (nSPS) is 16.6. The van der Waals surface area contributed by atoms with Crippen LogP contribution in [0.2, 0.25) is 5.02 Å². The number of benzene rings is 2. The fraction of sp³-hybridized carbons (Fsp3) is 0.214. The fourth-order valence-electron chi connectivity index (χ4n) is 4.11. The van der Waals surface area contributed by atoms with E-state index < -0.39 is 29.5 Å². The number of aliphatic hydroxyl groups is 1. The van der Waals surface area contributed by atoms with Crippen molar-refractivity contribution in [3.8, 4) is 5.75 Å². The van der Waals surface area contributed by atoms with Crippen LogP contribution in [-0.4, -0.2) is 46.4 Å². The largest absolute Gasteiger partial charge is 0.507 e. The van der Waals surface area contributed by atoms with Crippen LogP contribution >= 0.6 is 11.6 Å². The van der Waals surface area contributed by atoms with E-state index in [-0.39, 0.29) is 22.7 Å². The Labute approximate surface area is 219 Å². The third kappa shape index (κ3) is 5.34. The lowest BCUT2D eigenvalue weighted by Crippen LogP contribution is -2.29. The molecule has 1 unspecified atom stereocenters. The minimum absolute atomic E-state index is 0.0526. The van der Waals surface area contributed by atoms with Crippen molar-refractivity contribution in [3.63, 3.8) is 0 Å². The maximum absolute atomic E-state index is 13.2. The summed E-state index contributed by atoms with van der Waals surface area (Å²) in [7, 11) is 1.47. The number of ether oxygens (including phenoxy) is 2. The molecule has 1 saturated heterocycles. The van der Waals surface area contributed by atoms with Gasteiger partial charge in [-0.15, -0.1) is 0 Å². The molecular weight excluding hydrogens is 496 g/mol. The number of carbonyl (C=O) groups is 3. The maximum atomic E-state index is 13.2. The number of aliphatic hydroxyl groups excluding tert-OH is 1. The van der Waals surface area contributed by atoms with Gasteiger partial charge in [-0.2, -0.15) is 0 Å². The molecule has 1 amide bonds. The first-order valence-corrected chi connectivity index (χ1v) is 12.0. The van der Waals surface area contributed by atoms with Gasteiger partial charge in [0.1, 0.15) is 11.5 Å². The van der Waals surface area contributed by atoms with E-state index in [1.54, 1.807) is 48.7 Å². The third-order valence-corrected chi connectivity index (χ3v) is 6.28. The highest BCUT2D eigenvalue weighted by Gasteiger charge is 2.46. The molecule has 2 heterocycles. The van der Waals surface area contributed by atoms with Gasteiger partial charge >= 0.3 is 5.97 Å². The van der Waals surface area contributed by atoms with Gasteiger partial charge in [0.05, 0.1) is 35.9 Å². The second-order valence-electron chi connectivity index (χ2n) is 8.39. The van der Waals surface area contributed by atoms with Gasteiger partial charge in [-0.05, 0) is 53.9 Å². The van der Waals surface area contributed by atoms with Crippen molar-refractivity contribution in [2.24, 2.45) is 0 Å². The number of hydrogen-bond donors (Lipinski definition) is 1. The molecule has 1 N–H and O–H groups in total. The number of ketones is 1. The maximum Gasteiger partial charge on any atom is 0.338 e. The monoisotopic (exact) mass is 520 g/mol. The van der Waals surface area contributed by atoms with Crippen LogP contribution in [0.5, 0.6) is 5.75 Å². The minimum atomic E-state index is -0.912. The number of esters is 1. The Bertz CT molecular complexity index is 1350. The molecule has 0 aliphatic carbocycles. The Morgan fingerprint density at radius 1 is 1.14 bits per heavy atom. The summed E-state index contributed by atoms with van der Waals surface area (Å²) in [6, 6.07) is 13.8. The van der Waals surface area contributed by atoms with E-state index in [0.717, 1.165) is 0 Å². The average Bonchev–Trinajstić information content (AvgIpc) is 3.17. The number of halogens is 1. The van der Waals surface area contributed by atoms with E-state index in [1.807, 2.05) is 6.92 Å². The quantitative estimate of drug-likeness (QED) is 0.194. The lowest BCUT2D eigenvalue weighted by atomic mass is 9.96. The summed E-state index contributed by atoms with van der Waals surface area (Å²) < 4.78 is 10.4. The van der Waals surface area contributed by atoms with E-state index in [1.165, 1.54) is 30.3 Å². The lowest BCUT2D eigenvalue weighted by molar-refractivity contribution is -0.140. The van der Waals surface area contributed by atoms with Crippen molar-refractivity contribution in [1.82, 2.24) is 9.88 Å². The van der Waals surface area contributed by atoms with Crippen molar-refractivity contribution < 1.29 is 29.0 Å². The molecule has 8 nitrogen and oxygen atoms in total. The molecule has 0 spiro atoms.